The molecule has 1 rings (SSSR count). The third-order valence-electron chi connectivity index (χ3n) is 3.19. The number of hydrogen-bond donors (Lipinski definition) is 1. The molecule has 4 heteroatoms. The van der Waals surface area contributed by atoms with Crippen molar-refractivity contribution >= 4 is 9.84 Å². The summed E-state index contributed by atoms with van der Waals surface area (Å²) < 4.78 is 21.9. The van der Waals surface area contributed by atoms with Gasteiger partial charge in [-0.05, 0) is 38.1 Å². The predicted octanol–water partition coefficient (Wildman–Crippen LogP) is 1.98. The van der Waals surface area contributed by atoms with Gasteiger partial charge in [-0.2, -0.15) is 0 Å². The van der Waals surface area contributed by atoms with Crippen LogP contribution in [0.5, 0.6) is 0 Å². The molecule has 1 aliphatic rings. The molecule has 16 heavy (non-hydrogen) atoms. The Balaban J connectivity index is 2.04. The number of hydrogen-bond acceptors (Lipinski definition) is 3. The van der Waals surface area contributed by atoms with Crippen molar-refractivity contribution in [2.45, 2.75) is 51.5 Å². The molecule has 1 saturated carbocycles. The molecule has 1 atom stereocenters. The summed E-state index contributed by atoms with van der Waals surface area (Å²) in [5, 5.41) is 3.53. The van der Waals surface area contributed by atoms with Crippen molar-refractivity contribution < 1.29 is 8.42 Å². The van der Waals surface area contributed by atoms with Gasteiger partial charge in [0.2, 0.25) is 0 Å². The van der Waals surface area contributed by atoms with Gasteiger partial charge in [0.15, 0.2) is 0 Å². The Morgan fingerprint density at radius 3 is 2.44 bits per heavy atom. The van der Waals surface area contributed by atoms with Crippen LogP contribution in [0.2, 0.25) is 0 Å². The molecule has 1 unspecified atom stereocenters. The van der Waals surface area contributed by atoms with Crippen molar-refractivity contribution in [3.8, 4) is 0 Å². The lowest BCUT2D eigenvalue weighted by atomic mass is 10.0. The first-order valence-electron chi connectivity index (χ1n) is 6.44. The monoisotopic (exact) mass is 247 g/mol. The fourth-order valence-electron chi connectivity index (χ4n) is 2.17. The van der Waals surface area contributed by atoms with Crippen LogP contribution in [0, 0.1) is 5.92 Å². The maximum Gasteiger partial charge on any atom is 0.147 e. The Labute approximate surface area is 99.9 Å². The molecule has 0 aromatic heterocycles. The summed E-state index contributed by atoms with van der Waals surface area (Å²) in [6, 6.07) is 0.684. The maximum absolute atomic E-state index is 10.9. The van der Waals surface area contributed by atoms with Gasteiger partial charge in [-0.3, -0.25) is 0 Å². The van der Waals surface area contributed by atoms with Crippen LogP contribution in [0.4, 0.5) is 0 Å². The van der Waals surface area contributed by atoms with Crippen LogP contribution < -0.4 is 5.32 Å². The lowest BCUT2D eigenvalue weighted by molar-refractivity contribution is 0.427. The fourth-order valence-corrected chi connectivity index (χ4v) is 2.90. The maximum atomic E-state index is 10.9. The average molecular weight is 247 g/mol. The number of sulfone groups is 1. The smallest absolute Gasteiger partial charge is 0.147 e. The van der Waals surface area contributed by atoms with E-state index in [-0.39, 0.29) is 0 Å². The highest BCUT2D eigenvalue weighted by Gasteiger charge is 2.29. The van der Waals surface area contributed by atoms with E-state index in [0.29, 0.717) is 11.8 Å². The molecule has 3 nitrogen and oxygen atoms in total. The van der Waals surface area contributed by atoms with Gasteiger partial charge in [-0.15, -0.1) is 0 Å². The van der Waals surface area contributed by atoms with Gasteiger partial charge >= 0.3 is 0 Å². The minimum Gasteiger partial charge on any atom is -0.314 e. The molecule has 0 heterocycles. The highest BCUT2D eigenvalue weighted by atomic mass is 32.2. The third-order valence-corrected chi connectivity index (χ3v) is 4.22. The van der Waals surface area contributed by atoms with E-state index in [1.807, 2.05) is 0 Å². The molecule has 0 bridgehead atoms. The molecule has 0 saturated heterocycles. The molecule has 1 N–H and O–H groups in total. The summed E-state index contributed by atoms with van der Waals surface area (Å²) in [4.78, 5) is 0. The molecule has 0 aromatic carbocycles. The molecule has 1 aliphatic carbocycles. The summed E-state index contributed by atoms with van der Waals surface area (Å²) >= 11 is 0. The lowest BCUT2D eigenvalue weighted by Gasteiger charge is -2.16. The van der Waals surface area contributed by atoms with Crippen molar-refractivity contribution in [2.75, 3.05) is 18.6 Å². The summed E-state index contributed by atoms with van der Waals surface area (Å²) in [6.07, 6.45) is 8.30. The van der Waals surface area contributed by atoms with Crippen molar-refractivity contribution in [1.82, 2.24) is 5.32 Å². The average Bonchev–Trinajstić information content (AvgIpc) is 2.97. The van der Waals surface area contributed by atoms with E-state index in [1.165, 1.54) is 25.5 Å². The van der Waals surface area contributed by atoms with Crippen LogP contribution in [0.25, 0.3) is 0 Å². The fraction of sp³-hybridized carbons (Fsp3) is 1.00. The van der Waals surface area contributed by atoms with Gasteiger partial charge < -0.3 is 5.32 Å². The van der Waals surface area contributed by atoms with Crippen LogP contribution in [0.15, 0.2) is 0 Å². The second kappa shape index (κ2) is 6.60. The first kappa shape index (κ1) is 14.0. The van der Waals surface area contributed by atoms with E-state index in [1.54, 1.807) is 0 Å². The number of rotatable bonds is 9. The van der Waals surface area contributed by atoms with E-state index in [4.69, 9.17) is 0 Å². The molecular formula is C12H25NO2S. The van der Waals surface area contributed by atoms with E-state index in [9.17, 15) is 8.42 Å². The molecule has 0 amide bonds. The molecule has 0 aromatic rings. The van der Waals surface area contributed by atoms with Gasteiger partial charge in [0.1, 0.15) is 9.84 Å². The lowest BCUT2D eigenvalue weighted by Crippen LogP contribution is -2.30. The Hall–Kier alpha value is -0.0900. The van der Waals surface area contributed by atoms with Gasteiger partial charge in [-0.25, -0.2) is 8.42 Å². The first-order chi connectivity index (χ1) is 7.53. The molecule has 0 spiro atoms. The highest BCUT2D eigenvalue weighted by Crippen LogP contribution is 2.34. The van der Waals surface area contributed by atoms with Crippen LogP contribution in [0.3, 0.4) is 0 Å². The van der Waals surface area contributed by atoms with Gasteiger partial charge in [0.05, 0.1) is 0 Å². The second-order valence-electron chi connectivity index (χ2n) is 4.98. The predicted molar refractivity (Wildman–Crippen MR) is 68.4 cm³/mol. The normalized spacial score (nSPS) is 18.6. The zero-order valence-electron chi connectivity index (χ0n) is 10.5. The summed E-state index contributed by atoms with van der Waals surface area (Å²) in [5.74, 6) is 1.25. The van der Waals surface area contributed by atoms with Crippen LogP contribution in [-0.2, 0) is 9.84 Å². The van der Waals surface area contributed by atoms with Gasteiger partial charge in [0.25, 0.3) is 0 Å². The van der Waals surface area contributed by atoms with Crippen molar-refractivity contribution in [2.24, 2.45) is 5.92 Å². The highest BCUT2D eigenvalue weighted by molar-refractivity contribution is 7.90. The molecule has 0 radical (unpaired) electrons. The Morgan fingerprint density at radius 2 is 1.94 bits per heavy atom. The molecule has 96 valence electrons. The SMILES string of the molecule is CCNC(CCCCCS(C)(=O)=O)C1CC1. The van der Waals surface area contributed by atoms with Crippen molar-refractivity contribution in [1.29, 1.82) is 0 Å². The van der Waals surface area contributed by atoms with E-state index >= 15 is 0 Å². The Kier molecular flexibility index (Phi) is 5.76. The van der Waals surface area contributed by atoms with Gasteiger partial charge in [-0.1, -0.05) is 19.8 Å². The van der Waals surface area contributed by atoms with Crippen LogP contribution in [-0.4, -0.2) is 33.0 Å². The first-order valence-corrected chi connectivity index (χ1v) is 8.50. The minimum atomic E-state index is -2.75. The number of unbranched alkanes of at least 4 members (excludes halogenated alkanes) is 2. The second-order valence-corrected chi connectivity index (χ2v) is 7.24. The Bertz CT molecular complexity index is 283. The van der Waals surface area contributed by atoms with E-state index in [2.05, 4.69) is 12.2 Å². The molecular weight excluding hydrogens is 222 g/mol. The molecule has 0 aliphatic heterocycles. The number of nitrogens with one attached hydrogen (secondary N) is 1. The van der Waals surface area contributed by atoms with Crippen LogP contribution >= 0.6 is 0 Å². The van der Waals surface area contributed by atoms with E-state index in [0.717, 1.165) is 31.7 Å². The summed E-state index contributed by atoms with van der Waals surface area (Å²) in [7, 11) is -2.75. The van der Waals surface area contributed by atoms with Crippen molar-refractivity contribution in [3.63, 3.8) is 0 Å². The minimum absolute atomic E-state index is 0.350. The standard InChI is InChI=1S/C12H25NO2S/c1-3-13-12(11-8-9-11)7-5-4-6-10-16(2,14)15/h11-13H,3-10H2,1-2H3. The molecule has 1 fully saturated rings. The Morgan fingerprint density at radius 1 is 1.25 bits per heavy atom. The zero-order valence-corrected chi connectivity index (χ0v) is 11.4. The zero-order chi connectivity index (χ0) is 12.0. The van der Waals surface area contributed by atoms with Crippen molar-refractivity contribution in [3.05, 3.63) is 0 Å². The summed E-state index contributed by atoms with van der Waals surface area (Å²) in [6.45, 7) is 3.20. The van der Waals surface area contributed by atoms with Gasteiger partial charge in [0, 0.05) is 18.1 Å². The van der Waals surface area contributed by atoms with E-state index < -0.39 is 9.84 Å². The third kappa shape index (κ3) is 6.48. The summed E-state index contributed by atoms with van der Waals surface area (Å²) in [5.41, 5.74) is 0. The largest absolute Gasteiger partial charge is 0.314 e. The topological polar surface area (TPSA) is 46.2 Å². The quantitative estimate of drug-likeness (QED) is 0.634. The van der Waals surface area contributed by atoms with Crippen LogP contribution in [0.1, 0.15) is 45.4 Å².